The molecule has 3 aromatic carbocycles. The minimum atomic E-state index is -1.24. The summed E-state index contributed by atoms with van der Waals surface area (Å²) in [7, 11) is 0. The first kappa shape index (κ1) is 16.1. The van der Waals surface area contributed by atoms with E-state index in [1.807, 2.05) is 84.9 Å². The third kappa shape index (κ3) is 3.13. The highest BCUT2D eigenvalue weighted by atomic mass is 79.9. The third-order valence-corrected chi connectivity index (χ3v) is 4.99. The quantitative estimate of drug-likeness (QED) is 0.484. The molecular formula is C22H17BrO2. The van der Waals surface area contributed by atoms with Crippen molar-refractivity contribution in [3.63, 3.8) is 0 Å². The van der Waals surface area contributed by atoms with Crippen molar-refractivity contribution in [2.45, 2.75) is 12.0 Å². The molecule has 0 saturated heterocycles. The lowest BCUT2D eigenvalue weighted by molar-refractivity contribution is 0.0587. The summed E-state index contributed by atoms with van der Waals surface area (Å²) >= 11 is 3.46. The molecule has 0 spiro atoms. The zero-order chi connectivity index (χ0) is 17.3. The van der Waals surface area contributed by atoms with Crippen LogP contribution in [0.1, 0.15) is 16.9 Å². The van der Waals surface area contributed by atoms with Crippen molar-refractivity contribution < 1.29 is 9.52 Å². The van der Waals surface area contributed by atoms with Gasteiger partial charge < -0.3 is 9.52 Å². The number of hydrogen-bond donors (Lipinski definition) is 1. The molecule has 0 aliphatic carbocycles. The van der Waals surface area contributed by atoms with Gasteiger partial charge in [0.2, 0.25) is 0 Å². The van der Waals surface area contributed by atoms with Crippen LogP contribution in [0, 0.1) is 0 Å². The predicted molar refractivity (Wildman–Crippen MR) is 104 cm³/mol. The van der Waals surface area contributed by atoms with E-state index in [9.17, 15) is 5.11 Å². The van der Waals surface area contributed by atoms with Gasteiger partial charge in [0.25, 0.3) is 0 Å². The van der Waals surface area contributed by atoms with E-state index in [0.717, 1.165) is 26.6 Å². The van der Waals surface area contributed by atoms with E-state index < -0.39 is 5.60 Å². The van der Waals surface area contributed by atoms with Crippen LogP contribution in [-0.2, 0) is 12.0 Å². The van der Waals surface area contributed by atoms with Crippen molar-refractivity contribution in [1.29, 1.82) is 0 Å². The van der Waals surface area contributed by atoms with E-state index in [-0.39, 0.29) is 0 Å². The number of fused-ring (bicyclic) bond motifs is 1. The van der Waals surface area contributed by atoms with Crippen LogP contribution in [0.15, 0.2) is 93.8 Å². The Balaban J connectivity index is 1.86. The van der Waals surface area contributed by atoms with Crippen LogP contribution >= 0.6 is 15.9 Å². The third-order valence-electron chi connectivity index (χ3n) is 4.46. The summed E-state index contributed by atoms with van der Waals surface area (Å²) in [5.74, 6) is 0.555. The van der Waals surface area contributed by atoms with Gasteiger partial charge in [-0.3, -0.25) is 0 Å². The summed E-state index contributed by atoms with van der Waals surface area (Å²) in [4.78, 5) is 0. The van der Waals surface area contributed by atoms with Gasteiger partial charge in [-0.25, -0.2) is 0 Å². The molecule has 0 aliphatic heterocycles. The first-order chi connectivity index (χ1) is 12.1. The molecule has 4 rings (SSSR count). The SMILES string of the molecule is OC(Cc1ccccc1)(c1ccc(Br)cc1)c1cc2ccccc2o1. The lowest BCUT2D eigenvalue weighted by Crippen LogP contribution is -2.29. The van der Waals surface area contributed by atoms with Crippen LogP contribution < -0.4 is 0 Å². The highest BCUT2D eigenvalue weighted by Gasteiger charge is 2.35. The molecule has 1 aromatic heterocycles. The lowest BCUT2D eigenvalue weighted by Gasteiger charge is -2.27. The fraction of sp³-hybridized carbons (Fsp3) is 0.0909. The van der Waals surface area contributed by atoms with Gasteiger partial charge in [-0.1, -0.05) is 76.6 Å². The first-order valence-electron chi connectivity index (χ1n) is 8.16. The van der Waals surface area contributed by atoms with Crippen molar-refractivity contribution in [3.8, 4) is 0 Å². The second-order valence-corrected chi connectivity index (χ2v) is 7.09. The van der Waals surface area contributed by atoms with Gasteiger partial charge in [0.1, 0.15) is 11.3 Å². The number of para-hydroxylation sites is 1. The highest BCUT2D eigenvalue weighted by Crippen LogP contribution is 2.37. The molecule has 0 bridgehead atoms. The zero-order valence-electron chi connectivity index (χ0n) is 13.5. The van der Waals surface area contributed by atoms with Crippen LogP contribution in [0.2, 0.25) is 0 Å². The minimum absolute atomic E-state index is 0.440. The summed E-state index contributed by atoms with van der Waals surface area (Å²) in [6.45, 7) is 0. The van der Waals surface area contributed by atoms with Crippen molar-refractivity contribution in [2.75, 3.05) is 0 Å². The van der Waals surface area contributed by atoms with Crippen molar-refractivity contribution in [1.82, 2.24) is 0 Å². The number of hydrogen-bond acceptors (Lipinski definition) is 2. The molecule has 0 amide bonds. The Kier molecular flexibility index (Phi) is 4.20. The van der Waals surface area contributed by atoms with E-state index in [4.69, 9.17) is 4.42 Å². The highest BCUT2D eigenvalue weighted by molar-refractivity contribution is 9.10. The van der Waals surface area contributed by atoms with Gasteiger partial charge in [0, 0.05) is 16.3 Å². The lowest BCUT2D eigenvalue weighted by atomic mass is 9.85. The maximum atomic E-state index is 11.7. The molecule has 25 heavy (non-hydrogen) atoms. The molecule has 0 aliphatic rings. The fourth-order valence-corrected chi connectivity index (χ4v) is 3.40. The van der Waals surface area contributed by atoms with E-state index in [0.29, 0.717) is 12.2 Å². The molecule has 0 radical (unpaired) electrons. The van der Waals surface area contributed by atoms with Crippen molar-refractivity contribution in [2.24, 2.45) is 0 Å². The summed E-state index contributed by atoms with van der Waals surface area (Å²) < 4.78 is 7.00. The molecular weight excluding hydrogens is 376 g/mol. The number of halogens is 1. The van der Waals surface area contributed by atoms with E-state index >= 15 is 0 Å². The molecule has 0 saturated carbocycles. The Morgan fingerprint density at radius 3 is 2.24 bits per heavy atom. The van der Waals surface area contributed by atoms with Crippen LogP contribution in [-0.4, -0.2) is 5.11 Å². The average molecular weight is 393 g/mol. The standard InChI is InChI=1S/C22H17BrO2/c23-19-12-10-18(11-13-19)22(24,15-16-6-2-1-3-7-16)21-14-17-8-4-5-9-20(17)25-21/h1-14,24H,15H2. The van der Waals surface area contributed by atoms with Gasteiger partial charge >= 0.3 is 0 Å². The molecule has 124 valence electrons. The monoisotopic (exact) mass is 392 g/mol. The number of rotatable bonds is 4. The molecule has 1 atom stereocenters. The Morgan fingerprint density at radius 1 is 0.840 bits per heavy atom. The minimum Gasteiger partial charge on any atom is -0.458 e. The Hall–Kier alpha value is -2.36. The second kappa shape index (κ2) is 6.51. The summed E-state index contributed by atoms with van der Waals surface area (Å²) in [6.07, 6.45) is 0.440. The molecule has 3 heteroatoms. The molecule has 1 heterocycles. The summed E-state index contributed by atoms with van der Waals surface area (Å²) in [5, 5.41) is 12.7. The smallest absolute Gasteiger partial charge is 0.151 e. The van der Waals surface area contributed by atoms with Gasteiger partial charge in [0.15, 0.2) is 5.60 Å². The maximum Gasteiger partial charge on any atom is 0.151 e. The van der Waals surface area contributed by atoms with E-state index in [1.165, 1.54) is 0 Å². The second-order valence-electron chi connectivity index (χ2n) is 6.18. The van der Waals surface area contributed by atoms with Gasteiger partial charge in [-0.05, 0) is 35.4 Å². The number of furan rings is 1. The Morgan fingerprint density at radius 2 is 1.52 bits per heavy atom. The van der Waals surface area contributed by atoms with Gasteiger partial charge in [-0.2, -0.15) is 0 Å². The summed E-state index contributed by atoms with van der Waals surface area (Å²) in [5.41, 5.74) is 1.40. The van der Waals surface area contributed by atoms with Crippen LogP contribution in [0.3, 0.4) is 0 Å². The average Bonchev–Trinajstić information content (AvgIpc) is 3.08. The Bertz CT molecular complexity index is 956. The van der Waals surface area contributed by atoms with Gasteiger partial charge in [-0.15, -0.1) is 0 Å². The normalized spacial score (nSPS) is 13.7. The predicted octanol–water partition coefficient (Wildman–Crippen LogP) is 5.67. The van der Waals surface area contributed by atoms with Crippen molar-refractivity contribution >= 4 is 26.9 Å². The van der Waals surface area contributed by atoms with Gasteiger partial charge in [0.05, 0.1) is 0 Å². The molecule has 2 nitrogen and oxygen atoms in total. The number of aliphatic hydroxyl groups is 1. The first-order valence-corrected chi connectivity index (χ1v) is 8.96. The molecule has 0 fully saturated rings. The van der Waals surface area contributed by atoms with Crippen LogP contribution in [0.25, 0.3) is 11.0 Å². The molecule has 1 N–H and O–H groups in total. The summed E-state index contributed by atoms with van der Waals surface area (Å²) in [6, 6.07) is 27.5. The molecule has 4 aromatic rings. The van der Waals surface area contributed by atoms with E-state index in [1.54, 1.807) is 0 Å². The number of benzene rings is 3. The van der Waals surface area contributed by atoms with Crippen LogP contribution in [0.5, 0.6) is 0 Å². The maximum absolute atomic E-state index is 11.7. The fourth-order valence-electron chi connectivity index (χ4n) is 3.13. The topological polar surface area (TPSA) is 33.4 Å². The van der Waals surface area contributed by atoms with Crippen molar-refractivity contribution in [3.05, 3.63) is 106 Å². The zero-order valence-corrected chi connectivity index (χ0v) is 15.1. The van der Waals surface area contributed by atoms with E-state index in [2.05, 4.69) is 15.9 Å². The molecule has 1 unspecified atom stereocenters. The largest absolute Gasteiger partial charge is 0.458 e. The van der Waals surface area contributed by atoms with Crippen LogP contribution in [0.4, 0.5) is 0 Å². The Labute approximate surface area is 154 Å².